The van der Waals surface area contributed by atoms with Crippen LogP contribution in [0.4, 0.5) is 0 Å². The molecule has 1 fully saturated rings. The van der Waals surface area contributed by atoms with E-state index in [1.165, 1.54) is 4.88 Å². The first-order valence-corrected chi connectivity index (χ1v) is 8.29. The molecule has 3 nitrogen and oxygen atoms in total. The second kappa shape index (κ2) is 5.29. The minimum atomic E-state index is -2.82. The fourth-order valence-electron chi connectivity index (χ4n) is 1.58. The molecule has 0 saturated heterocycles. The van der Waals surface area contributed by atoms with Crippen molar-refractivity contribution in [3.63, 3.8) is 0 Å². The number of hydrogen-bond acceptors (Lipinski definition) is 4. The SMILES string of the molecule is O=S(=O)(CCNCc1cccs1)CC1CC1. The molecule has 1 heterocycles. The van der Waals surface area contributed by atoms with E-state index in [0.717, 1.165) is 19.4 Å². The molecule has 0 atom stereocenters. The van der Waals surface area contributed by atoms with Gasteiger partial charge in [0.25, 0.3) is 0 Å². The van der Waals surface area contributed by atoms with Crippen LogP contribution in [0.1, 0.15) is 17.7 Å². The van der Waals surface area contributed by atoms with E-state index < -0.39 is 9.84 Å². The lowest BCUT2D eigenvalue weighted by Crippen LogP contribution is -2.24. The molecule has 0 aliphatic heterocycles. The quantitative estimate of drug-likeness (QED) is 0.758. The Hall–Kier alpha value is -0.390. The van der Waals surface area contributed by atoms with Crippen molar-refractivity contribution < 1.29 is 8.42 Å². The van der Waals surface area contributed by atoms with Crippen molar-refractivity contribution in [2.24, 2.45) is 5.92 Å². The van der Waals surface area contributed by atoms with E-state index in [0.29, 0.717) is 18.2 Å². The summed E-state index contributed by atoms with van der Waals surface area (Å²) in [6, 6.07) is 4.06. The molecule has 1 N–H and O–H groups in total. The van der Waals surface area contributed by atoms with E-state index in [-0.39, 0.29) is 5.75 Å². The van der Waals surface area contributed by atoms with Crippen molar-refractivity contribution in [3.8, 4) is 0 Å². The molecule has 0 unspecified atom stereocenters. The van der Waals surface area contributed by atoms with Gasteiger partial charge in [-0.2, -0.15) is 0 Å². The average molecular weight is 259 g/mol. The van der Waals surface area contributed by atoms with Gasteiger partial charge in [0.2, 0.25) is 0 Å². The maximum absolute atomic E-state index is 11.6. The van der Waals surface area contributed by atoms with Crippen LogP contribution in [0.5, 0.6) is 0 Å². The Morgan fingerprint density at radius 1 is 1.44 bits per heavy atom. The van der Waals surface area contributed by atoms with Crippen molar-refractivity contribution in [2.45, 2.75) is 19.4 Å². The predicted octanol–water partition coefficient (Wildman–Crippen LogP) is 1.66. The molecule has 0 radical (unpaired) electrons. The van der Waals surface area contributed by atoms with E-state index in [2.05, 4.69) is 11.4 Å². The minimum absolute atomic E-state index is 0.273. The van der Waals surface area contributed by atoms with Gasteiger partial charge in [-0.15, -0.1) is 11.3 Å². The Morgan fingerprint density at radius 3 is 2.88 bits per heavy atom. The molecule has 0 spiro atoms. The normalized spacial score (nSPS) is 16.5. The van der Waals surface area contributed by atoms with E-state index in [1.54, 1.807) is 11.3 Å². The fraction of sp³-hybridized carbons (Fsp3) is 0.636. The molecule has 1 aromatic rings. The molecular weight excluding hydrogens is 242 g/mol. The van der Waals surface area contributed by atoms with Crippen molar-refractivity contribution >= 4 is 21.2 Å². The highest BCUT2D eigenvalue weighted by Crippen LogP contribution is 2.30. The maximum atomic E-state index is 11.6. The number of rotatable bonds is 7. The molecule has 1 saturated carbocycles. The summed E-state index contributed by atoms with van der Waals surface area (Å²) < 4.78 is 23.2. The van der Waals surface area contributed by atoms with Crippen LogP contribution < -0.4 is 5.32 Å². The van der Waals surface area contributed by atoms with Gasteiger partial charge < -0.3 is 5.32 Å². The molecule has 16 heavy (non-hydrogen) atoms. The largest absolute Gasteiger partial charge is 0.311 e. The van der Waals surface area contributed by atoms with E-state index >= 15 is 0 Å². The van der Waals surface area contributed by atoms with Gasteiger partial charge in [-0.25, -0.2) is 8.42 Å². The summed E-state index contributed by atoms with van der Waals surface area (Å²) in [5, 5.41) is 5.20. The van der Waals surface area contributed by atoms with Crippen LogP contribution in [0.3, 0.4) is 0 Å². The third-order valence-corrected chi connectivity index (χ3v) is 5.34. The molecule has 0 bridgehead atoms. The van der Waals surface area contributed by atoms with E-state index in [9.17, 15) is 8.42 Å². The van der Waals surface area contributed by atoms with Crippen LogP contribution in [-0.4, -0.2) is 26.5 Å². The Bertz CT molecular complexity index is 407. The Morgan fingerprint density at radius 2 is 2.25 bits per heavy atom. The molecule has 2 rings (SSSR count). The zero-order valence-corrected chi connectivity index (χ0v) is 10.8. The van der Waals surface area contributed by atoms with Crippen LogP contribution >= 0.6 is 11.3 Å². The summed E-state index contributed by atoms with van der Waals surface area (Å²) in [5.41, 5.74) is 0. The van der Waals surface area contributed by atoms with Crippen molar-refractivity contribution in [3.05, 3.63) is 22.4 Å². The highest BCUT2D eigenvalue weighted by molar-refractivity contribution is 7.91. The number of sulfone groups is 1. The van der Waals surface area contributed by atoms with Gasteiger partial charge in [-0.1, -0.05) is 6.07 Å². The average Bonchev–Trinajstić information content (AvgIpc) is 2.86. The van der Waals surface area contributed by atoms with E-state index in [4.69, 9.17) is 0 Å². The number of hydrogen-bond donors (Lipinski definition) is 1. The standard InChI is InChI=1S/C11H17NO2S2/c13-16(14,9-10-3-4-10)7-5-12-8-11-2-1-6-15-11/h1-2,6,10,12H,3-5,7-9H2. The first-order valence-electron chi connectivity index (χ1n) is 5.59. The first-order chi connectivity index (χ1) is 7.66. The molecule has 1 aliphatic rings. The van der Waals surface area contributed by atoms with Crippen molar-refractivity contribution in [1.82, 2.24) is 5.32 Å². The lowest BCUT2D eigenvalue weighted by atomic mass is 10.4. The van der Waals surface area contributed by atoms with Crippen LogP contribution in [0.15, 0.2) is 17.5 Å². The molecule has 1 aromatic heterocycles. The minimum Gasteiger partial charge on any atom is -0.311 e. The summed E-state index contributed by atoms with van der Waals surface area (Å²) in [5.74, 6) is 1.13. The zero-order valence-electron chi connectivity index (χ0n) is 9.19. The summed E-state index contributed by atoms with van der Waals surface area (Å²) in [7, 11) is -2.82. The third-order valence-electron chi connectivity index (χ3n) is 2.66. The Balaban J connectivity index is 1.63. The summed E-state index contributed by atoms with van der Waals surface area (Å²) in [6.45, 7) is 1.34. The predicted molar refractivity (Wildman–Crippen MR) is 67.4 cm³/mol. The van der Waals surface area contributed by atoms with Gasteiger partial charge in [0, 0.05) is 18.0 Å². The monoisotopic (exact) mass is 259 g/mol. The Kier molecular flexibility index (Phi) is 4.00. The summed E-state index contributed by atoms with van der Waals surface area (Å²) in [4.78, 5) is 1.25. The third kappa shape index (κ3) is 4.23. The van der Waals surface area contributed by atoms with Crippen molar-refractivity contribution in [2.75, 3.05) is 18.1 Å². The number of nitrogens with one attached hydrogen (secondary N) is 1. The van der Waals surface area contributed by atoms with Crippen LogP contribution in [0.2, 0.25) is 0 Å². The molecule has 0 aromatic carbocycles. The van der Waals surface area contributed by atoms with Crippen LogP contribution in [0, 0.1) is 5.92 Å². The van der Waals surface area contributed by atoms with E-state index in [1.807, 2.05) is 11.4 Å². The topological polar surface area (TPSA) is 46.2 Å². The molecule has 1 aliphatic carbocycles. The van der Waals surface area contributed by atoms with Gasteiger partial charge >= 0.3 is 0 Å². The van der Waals surface area contributed by atoms with Gasteiger partial charge in [-0.3, -0.25) is 0 Å². The van der Waals surface area contributed by atoms with Gasteiger partial charge in [0.1, 0.15) is 0 Å². The molecule has 90 valence electrons. The van der Waals surface area contributed by atoms with Gasteiger partial charge in [-0.05, 0) is 30.2 Å². The van der Waals surface area contributed by atoms with Gasteiger partial charge in [0.15, 0.2) is 9.84 Å². The molecule has 0 amide bonds. The fourth-order valence-corrected chi connectivity index (χ4v) is 3.93. The number of thiophene rings is 1. The Labute approximate surface area is 101 Å². The first kappa shape index (κ1) is 12.1. The summed E-state index contributed by atoms with van der Waals surface area (Å²) in [6.07, 6.45) is 2.20. The van der Waals surface area contributed by atoms with Crippen LogP contribution in [-0.2, 0) is 16.4 Å². The molecular formula is C11H17NO2S2. The highest BCUT2D eigenvalue weighted by Gasteiger charge is 2.27. The lowest BCUT2D eigenvalue weighted by Gasteiger charge is -2.04. The van der Waals surface area contributed by atoms with Gasteiger partial charge in [0.05, 0.1) is 11.5 Å². The maximum Gasteiger partial charge on any atom is 0.151 e. The zero-order chi connectivity index (χ0) is 11.4. The van der Waals surface area contributed by atoms with Crippen molar-refractivity contribution in [1.29, 1.82) is 0 Å². The highest BCUT2D eigenvalue weighted by atomic mass is 32.2. The smallest absolute Gasteiger partial charge is 0.151 e. The second-order valence-electron chi connectivity index (χ2n) is 4.31. The summed E-state index contributed by atoms with van der Waals surface area (Å²) >= 11 is 1.69. The lowest BCUT2D eigenvalue weighted by molar-refractivity contribution is 0.587. The van der Waals surface area contributed by atoms with Crippen LogP contribution in [0.25, 0.3) is 0 Å². The molecule has 5 heteroatoms. The second-order valence-corrected chi connectivity index (χ2v) is 7.57.